The summed E-state index contributed by atoms with van der Waals surface area (Å²) >= 11 is 2.85. The molecule has 0 atom stereocenters. The minimum absolute atomic E-state index is 0.0683. The quantitative estimate of drug-likeness (QED) is 0.530. The van der Waals surface area contributed by atoms with Gasteiger partial charge in [-0.15, -0.1) is 5.10 Å². The normalized spacial score (nSPS) is 11.0. The molecule has 0 saturated heterocycles. The molecule has 26 heavy (non-hydrogen) atoms. The fourth-order valence-electron chi connectivity index (χ4n) is 2.03. The largest absolute Gasteiger partial charge is 0.497 e. The molecule has 0 bridgehead atoms. The third kappa shape index (κ3) is 4.44. The summed E-state index contributed by atoms with van der Waals surface area (Å²) in [6, 6.07) is 5.43. The zero-order valence-electron chi connectivity index (χ0n) is 14.8. The van der Waals surface area contributed by atoms with Gasteiger partial charge in [-0.3, -0.25) is 0 Å². The van der Waals surface area contributed by atoms with Crippen LogP contribution in [0.1, 0.15) is 19.7 Å². The summed E-state index contributed by atoms with van der Waals surface area (Å²) < 4.78 is 22.2. The molecule has 0 radical (unpaired) electrons. The molecule has 0 amide bonds. The number of methoxy groups -OCH3 is 2. The van der Waals surface area contributed by atoms with Gasteiger partial charge in [-0.25, -0.2) is 0 Å². The summed E-state index contributed by atoms with van der Waals surface area (Å²) in [5, 5.41) is 12.7. The Morgan fingerprint density at radius 1 is 1.19 bits per heavy atom. The van der Waals surface area contributed by atoms with Gasteiger partial charge in [-0.2, -0.15) is 4.98 Å². The molecule has 0 unspecified atom stereocenters. The Labute approximate surface area is 158 Å². The predicted molar refractivity (Wildman–Crippen MR) is 98.1 cm³/mol. The molecule has 3 rings (SSSR count). The number of ether oxygens (including phenoxy) is 3. The molecule has 10 heteroatoms. The lowest BCUT2D eigenvalue weighted by Gasteiger charge is -2.07. The van der Waals surface area contributed by atoms with Gasteiger partial charge in [-0.05, 0) is 37.3 Å². The highest BCUT2D eigenvalue weighted by atomic mass is 32.2. The van der Waals surface area contributed by atoms with Crippen LogP contribution in [-0.2, 0) is 5.75 Å². The SMILES string of the molecule is COc1ccc(-c2noc(CSc3nnc(OC(C)C)s3)n2)c(OC)c1. The Hall–Kier alpha value is -2.33. The van der Waals surface area contributed by atoms with Crippen molar-refractivity contribution in [2.24, 2.45) is 0 Å². The third-order valence-corrected chi connectivity index (χ3v) is 5.09. The molecule has 0 aliphatic carbocycles. The fraction of sp³-hybridized carbons (Fsp3) is 0.375. The van der Waals surface area contributed by atoms with Gasteiger partial charge >= 0.3 is 0 Å². The first-order valence-electron chi connectivity index (χ1n) is 7.77. The summed E-state index contributed by atoms with van der Waals surface area (Å²) in [7, 11) is 3.19. The van der Waals surface area contributed by atoms with E-state index in [2.05, 4.69) is 20.3 Å². The standard InChI is InChI=1S/C16H18N4O4S2/c1-9(2)23-15-18-19-16(26-15)25-8-13-17-14(20-24-13)11-6-5-10(21-3)7-12(11)22-4/h5-7,9H,8H2,1-4H3. The lowest BCUT2D eigenvalue weighted by atomic mass is 10.2. The molecular weight excluding hydrogens is 376 g/mol. The summed E-state index contributed by atoms with van der Waals surface area (Å²) in [6.45, 7) is 3.89. The van der Waals surface area contributed by atoms with Crippen LogP contribution in [0.15, 0.2) is 27.1 Å². The summed E-state index contributed by atoms with van der Waals surface area (Å²) in [5.41, 5.74) is 0.733. The molecule has 2 heterocycles. The Kier molecular flexibility index (Phi) is 5.94. The van der Waals surface area contributed by atoms with Gasteiger partial charge in [0.05, 0.1) is 31.6 Å². The maximum Gasteiger partial charge on any atom is 0.295 e. The van der Waals surface area contributed by atoms with Crippen molar-refractivity contribution in [3.05, 3.63) is 24.1 Å². The van der Waals surface area contributed by atoms with E-state index in [-0.39, 0.29) is 6.10 Å². The predicted octanol–water partition coefficient (Wildman–Crippen LogP) is 3.68. The number of hydrogen-bond donors (Lipinski definition) is 0. The molecule has 0 fully saturated rings. The molecule has 8 nitrogen and oxygen atoms in total. The van der Waals surface area contributed by atoms with Crippen molar-refractivity contribution in [3.8, 4) is 28.1 Å². The second-order valence-electron chi connectivity index (χ2n) is 5.37. The van der Waals surface area contributed by atoms with Gasteiger partial charge in [0.25, 0.3) is 5.19 Å². The van der Waals surface area contributed by atoms with E-state index in [9.17, 15) is 0 Å². The van der Waals surface area contributed by atoms with Crippen molar-refractivity contribution < 1.29 is 18.7 Å². The molecule has 0 saturated carbocycles. The fourth-order valence-corrected chi connectivity index (χ4v) is 3.68. The Bertz CT molecular complexity index is 866. The lowest BCUT2D eigenvalue weighted by molar-refractivity contribution is 0.239. The number of nitrogens with zero attached hydrogens (tertiary/aromatic N) is 4. The molecule has 2 aromatic heterocycles. The van der Waals surface area contributed by atoms with Crippen LogP contribution >= 0.6 is 23.1 Å². The number of hydrogen-bond acceptors (Lipinski definition) is 10. The van der Waals surface area contributed by atoms with E-state index in [1.54, 1.807) is 20.3 Å². The van der Waals surface area contributed by atoms with E-state index in [0.29, 0.717) is 34.2 Å². The van der Waals surface area contributed by atoms with Crippen molar-refractivity contribution in [2.75, 3.05) is 14.2 Å². The highest BCUT2D eigenvalue weighted by Crippen LogP contribution is 2.33. The van der Waals surface area contributed by atoms with Crippen molar-refractivity contribution in [2.45, 2.75) is 30.0 Å². The van der Waals surface area contributed by atoms with Crippen LogP contribution in [0.2, 0.25) is 0 Å². The van der Waals surface area contributed by atoms with Gasteiger partial charge in [-0.1, -0.05) is 22.0 Å². The minimum atomic E-state index is 0.0683. The monoisotopic (exact) mass is 394 g/mol. The molecule has 3 aromatic rings. The maximum absolute atomic E-state index is 5.51. The first-order chi connectivity index (χ1) is 12.6. The van der Waals surface area contributed by atoms with Crippen LogP contribution in [0.4, 0.5) is 0 Å². The number of benzene rings is 1. The zero-order valence-corrected chi connectivity index (χ0v) is 16.4. The second-order valence-corrected chi connectivity index (χ2v) is 7.53. The van der Waals surface area contributed by atoms with E-state index in [1.165, 1.54) is 23.1 Å². The van der Waals surface area contributed by atoms with E-state index in [1.807, 2.05) is 26.0 Å². The topological polar surface area (TPSA) is 92.4 Å². The Morgan fingerprint density at radius 3 is 2.77 bits per heavy atom. The van der Waals surface area contributed by atoms with Gasteiger partial charge in [0.1, 0.15) is 11.5 Å². The lowest BCUT2D eigenvalue weighted by Crippen LogP contribution is -2.04. The molecule has 0 aliphatic rings. The van der Waals surface area contributed by atoms with Gasteiger partial charge in [0.2, 0.25) is 11.7 Å². The molecule has 138 valence electrons. The van der Waals surface area contributed by atoms with Crippen molar-refractivity contribution >= 4 is 23.1 Å². The van der Waals surface area contributed by atoms with Crippen molar-refractivity contribution in [3.63, 3.8) is 0 Å². The van der Waals surface area contributed by atoms with Gasteiger partial charge < -0.3 is 18.7 Å². The molecule has 0 aliphatic heterocycles. The second kappa shape index (κ2) is 8.37. The summed E-state index contributed by atoms with van der Waals surface area (Å²) in [6.07, 6.45) is 0.0683. The average Bonchev–Trinajstić information content (AvgIpc) is 3.28. The van der Waals surface area contributed by atoms with Crippen LogP contribution in [0.5, 0.6) is 16.7 Å². The average molecular weight is 394 g/mol. The van der Waals surface area contributed by atoms with Crippen molar-refractivity contribution in [1.82, 2.24) is 20.3 Å². The Morgan fingerprint density at radius 2 is 2.04 bits per heavy atom. The maximum atomic E-state index is 5.51. The summed E-state index contributed by atoms with van der Waals surface area (Å²) in [4.78, 5) is 4.42. The Balaban J connectivity index is 1.67. The van der Waals surface area contributed by atoms with Crippen LogP contribution in [0, 0.1) is 0 Å². The third-order valence-electron chi connectivity index (χ3n) is 3.16. The van der Waals surface area contributed by atoms with Gasteiger partial charge in [0, 0.05) is 6.07 Å². The smallest absolute Gasteiger partial charge is 0.295 e. The molecule has 1 aromatic carbocycles. The van der Waals surface area contributed by atoms with Gasteiger partial charge in [0.15, 0.2) is 4.34 Å². The summed E-state index contributed by atoms with van der Waals surface area (Å²) in [5.74, 6) is 2.75. The number of rotatable bonds is 8. The highest BCUT2D eigenvalue weighted by Gasteiger charge is 2.15. The molecular formula is C16H18N4O4S2. The number of aromatic nitrogens is 4. The van der Waals surface area contributed by atoms with Crippen LogP contribution in [-0.4, -0.2) is 40.7 Å². The van der Waals surface area contributed by atoms with Crippen LogP contribution < -0.4 is 14.2 Å². The molecule has 0 spiro atoms. The zero-order chi connectivity index (χ0) is 18.5. The van der Waals surface area contributed by atoms with Crippen LogP contribution in [0.25, 0.3) is 11.4 Å². The van der Waals surface area contributed by atoms with E-state index in [4.69, 9.17) is 18.7 Å². The van der Waals surface area contributed by atoms with Crippen molar-refractivity contribution in [1.29, 1.82) is 0 Å². The highest BCUT2D eigenvalue weighted by molar-refractivity contribution is 8.00. The minimum Gasteiger partial charge on any atom is -0.497 e. The van der Waals surface area contributed by atoms with E-state index < -0.39 is 0 Å². The first-order valence-corrected chi connectivity index (χ1v) is 9.57. The van der Waals surface area contributed by atoms with E-state index >= 15 is 0 Å². The number of thioether (sulfide) groups is 1. The first kappa shape index (κ1) is 18.5. The van der Waals surface area contributed by atoms with E-state index in [0.717, 1.165) is 9.90 Å². The van der Waals surface area contributed by atoms with Crippen LogP contribution in [0.3, 0.4) is 0 Å². The molecule has 0 N–H and O–H groups in total.